The van der Waals surface area contributed by atoms with Crippen molar-refractivity contribution in [2.75, 3.05) is 6.61 Å². The van der Waals surface area contributed by atoms with Gasteiger partial charge in [0, 0.05) is 24.6 Å². The molecule has 0 radical (unpaired) electrons. The molecular weight excluding hydrogens is 236 g/mol. The molecule has 17 heavy (non-hydrogen) atoms. The largest absolute Gasteiger partial charge is 0.430 e. The van der Waals surface area contributed by atoms with Crippen molar-refractivity contribution in [3.05, 3.63) is 35.7 Å². The van der Waals surface area contributed by atoms with E-state index >= 15 is 0 Å². The van der Waals surface area contributed by atoms with Crippen molar-refractivity contribution in [3.63, 3.8) is 0 Å². The fourth-order valence-corrected chi connectivity index (χ4v) is 2.01. The summed E-state index contributed by atoms with van der Waals surface area (Å²) < 4.78 is 9.73. The van der Waals surface area contributed by atoms with E-state index in [2.05, 4.69) is 9.36 Å². The van der Waals surface area contributed by atoms with Crippen molar-refractivity contribution in [2.45, 2.75) is 19.8 Å². The number of hydrogen-bond donors (Lipinski definition) is 1. The van der Waals surface area contributed by atoms with Crippen LogP contribution >= 0.6 is 11.5 Å². The van der Waals surface area contributed by atoms with Crippen LogP contribution in [0.3, 0.4) is 0 Å². The molecule has 0 aliphatic heterocycles. The van der Waals surface area contributed by atoms with E-state index in [4.69, 9.17) is 9.84 Å². The molecule has 0 bridgehead atoms. The van der Waals surface area contributed by atoms with Crippen molar-refractivity contribution in [1.82, 2.24) is 9.36 Å². The predicted molar refractivity (Wildman–Crippen MR) is 66.6 cm³/mol. The Kier molecular flexibility index (Phi) is 4.06. The Bertz CT molecular complexity index is 468. The normalized spacial score (nSPS) is 10.5. The third-order valence-electron chi connectivity index (χ3n) is 2.29. The van der Waals surface area contributed by atoms with Gasteiger partial charge in [0.2, 0.25) is 0 Å². The van der Waals surface area contributed by atoms with Crippen molar-refractivity contribution < 1.29 is 9.84 Å². The van der Waals surface area contributed by atoms with Gasteiger partial charge in [-0.25, -0.2) is 0 Å². The molecular formula is C12H14N2O2S. The molecule has 4 nitrogen and oxygen atoms in total. The molecule has 0 aliphatic carbocycles. The number of benzene rings is 1. The Hall–Kier alpha value is -1.46. The standard InChI is InChI=1S/C12H14N2O2S/c1-2-11-13-12(17-14-11)16-10-5-3-9(4-6-10)7-8-15/h3-6,15H,2,7-8H2,1H3. The van der Waals surface area contributed by atoms with Crippen LogP contribution in [-0.4, -0.2) is 21.1 Å². The van der Waals surface area contributed by atoms with Crippen LogP contribution in [0.4, 0.5) is 0 Å². The van der Waals surface area contributed by atoms with Gasteiger partial charge in [0.05, 0.1) is 0 Å². The summed E-state index contributed by atoms with van der Waals surface area (Å²) in [5.41, 5.74) is 1.09. The summed E-state index contributed by atoms with van der Waals surface area (Å²) in [6.45, 7) is 2.17. The summed E-state index contributed by atoms with van der Waals surface area (Å²) in [6, 6.07) is 7.62. The third-order valence-corrected chi connectivity index (χ3v) is 2.93. The summed E-state index contributed by atoms with van der Waals surface area (Å²) in [5.74, 6) is 1.55. The predicted octanol–water partition coefficient (Wildman–Crippen LogP) is 2.43. The number of hydrogen-bond acceptors (Lipinski definition) is 5. The van der Waals surface area contributed by atoms with Crippen LogP contribution in [-0.2, 0) is 12.8 Å². The van der Waals surface area contributed by atoms with Gasteiger partial charge in [-0.05, 0) is 24.1 Å². The van der Waals surface area contributed by atoms with E-state index in [1.165, 1.54) is 11.5 Å². The molecule has 0 unspecified atom stereocenters. The van der Waals surface area contributed by atoms with Gasteiger partial charge in [0.15, 0.2) is 0 Å². The Morgan fingerprint density at radius 2 is 2.06 bits per heavy atom. The highest BCUT2D eigenvalue weighted by Crippen LogP contribution is 2.23. The average molecular weight is 250 g/mol. The maximum Gasteiger partial charge on any atom is 0.298 e. The van der Waals surface area contributed by atoms with E-state index in [-0.39, 0.29) is 6.61 Å². The fraction of sp³-hybridized carbons (Fsp3) is 0.333. The van der Waals surface area contributed by atoms with Crippen LogP contribution in [0.15, 0.2) is 24.3 Å². The van der Waals surface area contributed by atoms with Crippen LogP contribution in [0, 0.1) is 0 Å². The Morgan fingerprint density at radius 3 is 2.65 bits per heavy atom. The van der Waals surface area contributed by atoms with E-state index in [0.717, 1.165) is 23.6 Å². The van der Waals surface area contributed by atoms with E-state index in [9.17, 15) is 0 Å². The highest BCUT2D eigenvalue weighted by molar-refractivity contribution is 7.07. The summed E-state index contributed by atoms with van der Waals surface area (Å²) in [5, 5.41) is 9.37. The van der Waals surface area contributed by atoms with Crippen molar-refractivity contribution in [1.29, 1.82) is 0 Å². The molecule has 0 aliphatic rings. The molecule has 0 saturated heterocycles. The monoisotopic (exact) mass is 250 g/mol. The topological polar surface area (TPSA) is 55.2 Å². The number of aryl methyl sites for hydroxylation is 1. The minimum atomic E-state index is 0.163. The van der Waals surface area contributed by atoms with Gasteiger partial charge >= 0.3 is 0 Å². The van der Waals surface area contributed by atoms with Gasteiger partial charge in [-0.2, -0.15) is 9.36 Å². The number of rotatable bonds is 5. The molecule has 1 N–H and O–H groups in total. The van der Waals surface area contributed by atoms with E-state index in [1.54, 1.807) is 0 Å². The number of ether oxygens (including phenoxy) is 1. The molecule has 2 rings (SSSR count). The zero-order chi connectivity index (χ0) is 12.1. The zero-order valence-corrected chi connectivity index (χ0v) is 10.4. The van der Waals surface area contributed by atoms with E-state index in [1.807, 2.05) is 31.2 Å². The number of aliphatic hydroxyl groups is 1. The lowest BCUT2D eigenvalue weighted by molar-refractivity contribution is 0.299. The second-order valence-corrected chi connectivity index (χ2v) is 4.26. The van der Waals surface area contributed by atoms with E-state index in [0.29, 0.717) is 11.6 Å². The van der Waals surface area contributed by atoms with Crippen molar-refractivity contribution in [2.24, 2.45) is 0 Å². The smallest absolute Gasteiger partial charge is 0.298 e. The number of nitrogens with zero attached hydrogens (tertiary/aromatic N) is 2. The molecule has 2 aromatic rings. The summed E-state index contributed by atoms with van der Waals surface area (Å²) in [4.78, 5) is 4.23. The lowest BCUT2D eigenvalue weighted by Gasteiger charge is -2.02. The molecule has 90 valence electrons. The molecule has 1 heterocycles. The fourth-order valence-electron chi connectivity index (χ4n) is 1.38. The maximum absolute atomic E-state index is 8.81. The maximum atomic E-state index is 8.81. The minimum Gasteiger partial charge on any atom is -0.430 e. The van der Waals surface area contributed by atoms with Crippen molar-refractivity contribution >= 4 is 11.5 Å². The highest BCUT2D eigenvalue weighted by atomic mass is 32.1. The van der Waals surface area contributed by atoms with Crippen LogP contribution < -0.4 is 4.74 Å². The van der Waals surface area contributed by atoms with Gasteiger partial charge in [-0.15, -0.1) is 0 Å². The molecule has 1 aromatic heterocycles. The van der Waals surface area contributed by atoms with Crippen LogP contribution in [0.2, 0.25) is 0 Å². The Morgan fingerprint density at radius 1 is 1.29 bits per heavy atom. The minimum absolute atomic E-state index is 0.163. The van der Waals surface area contributed by atoms with Crippen LogP contribution in [0.5, 0.6) is 10.9 Å². The van der Waals surface area contributed by atoms with Gasteiger partial charge in [-0.3, -0.25) is 0 Å². The first-order valence-corrected chi connectivity index (χ1v) is 6.29. The molecule has 0 saturated carbocycles. The quantitative estimate of drug-likeness (QED) is 0.885. The van der Waals surface area contributed by atoms with E-state index < -0.39 is 0 Å². The average Bonchev–Trinajstić information content (AvgIpc) is 2.80. The van der Waals surface area contributed by atoms with Crippen LogP contribution in [0.1, 0.15) is 18.3 Å². The molecule has 5 heteroatoms. The molecule has 0 amide bonds. The highest BCUT2D eigenvalue weighted by Gasteiger charge is 2.04. The van der Waals surface area contributed by atoms with Crippen molar-refractivity contribution in [3.8, 4) is 10.9 Å². The first-order chi connectivity index (χ1) is 8.31. The lowest BCUT2D eigenvalue weighted by atomic mass is 10.1. The Balaban J connectivity index is 2.03. The third kappa shape index (κ3) is 3.25. The lowest BCUT2D eigenvalue weighted by Crippen LogP contribution is -1.90. The summed E-state index contributed by atoms with van der Waals surface area (Å²) in [7, 11) is 0. The second kappa shape index (κ2) is 5.75. The molecule has 1 aromatic carbocycles. The van der Waals surface area contributed by atoms with Gasteiger partial charge in [0.25, 0.3) is 5.19 Å². The first kappa shape index (κ1) is 12.0. The summed E-state index contributed by atoms with van der Waals surface area (Å²) in [6.07, 6.45) is 1.48. The molecule has 0 atom stereocenters. The van der Waals surface area contributed by atoms with Gasteiger partial charge < -0.3 is 9.84 Å². The molecule has 0 spiro atoms. The zero-order valence-electron chi connectivity index (χ0n) is 9.59. The number of aliphatic hydroxyl groups excluding tert-OH is 1. The first-order valence-electron chi connectivity index (χ1n) is 5.52. The SMILES string of the molecule is CCc1nsc(Oc2ccc(CCO)cc2)n1. The van der Waals surface area contributed by atoms with Crippen LogP contribution in [0.25, 0.3) is 0 Å². The van der Waals surface area contributed by atoms with Gasteiger partial charge in [0.1, 0.15) is 11.6 Å². The summed E-state index contributed by atoms with van der Waals surface area (Å²) >= 11 is 1.26. The number of aromatic nitrogens is 2. The van der Waals surface area contributed by atoms with Gasteiger partial charge in [-0.1, -0.05) is 19.1 Å². The Labute approximate surface area is 104 Å². The molecule has 0 fully saturated rings. The second-order valence-electron chi connectivity index (χ2n) is 3.55.